The fraction of sp³-hybridized carbons (Fsp3) is 0.556. The molecule has 1 saturated heterocycles. The molecule has 0 bridgehead atoms. The van der Waals surface area contributed by atoms with E-state index in [1.54, 1.807) is 29.2 Å². The second-order valence-corrected chi connectivity index (χ2v) is 15.3. The summed E-state index contributed by atoms with van der Waals surface area (Å²) in [5, 5.41) is 20.8. The Morgan fingerprint density at radius 3 is 2.60 bits per heavy atom. The molecule has 1 aromatic carbocycles. The van der Waals surface area contributed by atoms with Gasteiger partial charge in [-0.1, -0.05) is 38.1 Å². The highest BCUT2D eigenvalue weighted by molar-refractivity contribution is 7.13. The number of thiazole rings is 1. The average molecular weight is 709 g/mol. The molecule has 50 heavy (non-hydrogen) atoms. The van der Waals surface area contributed by atoms with Crippen LogP contribution in [-0.2, 0) is 19.9 Å². The number of benzene rings is 1. The zero-order chi connectivity index (χ0) is 36.2. The highest BCUT2D eigenvalue weighted by Gasteiger charge is 2.48. The van der Waals surface area contributed by atoms with Crippen LogP contribution in [0.5, 0.6) is 5.88 Å². The zero-order valence-electron chi connectivity index (χ0n) is 29.8. The molecule has 0 radical (unpaired) electrons. The third kappa shape index (κ3) is 8.52. The first-order valence-electron chi connectivity index (χ1n) is 17.1. The molecule has 3 aromatic rings. The number of carbonyl (C=O) groups excluding carboxylic acids is 3. The number of likely N-dealkylation sites (tertiary alicyclic amines) is 1. The van der Waals surface area contributed by atoms with Crippen LogP contribution in [-0.4, -0.2) is 81.3 Å². The molecule has 3 unspecified atom stereocenters. The SMILES string of the molecule is Cc1ncsc1-c1ccc(C2(C)NC(C3C[C@@H](O)CN3C(=O)C(c3cc(OCCCCCNC(=O)OC(C)(C)C)no3)C(C)C)=NC2=O)cc1. The van der Waals surface area contributed by atoms with Gasteiger partial charge >= 0.3 is 6.09 Å². The average Bonchev–Trinajstić information content (AvgIpc) is 3.83. The lowest BCUT2D eigenvalue weighted by molar-refractivity contribution is -0.134. The Labute approximate surface area is 296 Å². The summed E-state index contributed by atoms with van der Waals surface area (Å²) < 4.78 is 16.7. The van der Waals surface area contributed by atoms with Crippen LogP contribution in [0, 0.1) is 12.8 Å². The Hall–Kier alpha value is -4.30. The van der Waals surface area contributed by atoms with E-state index in [0.29, 0.717) is 24.7 Å². The van der Waals surface area contributed by atoms with Gasteiger partial charge in [0.25, 0.3) is 11.8 Å². The molecule has 1 fully saturated rings. The number of aromatic nitrogens is 2. The molecule has 13 nitrogen and oxygen atoms in total. The Balaban J connectivity index is 1.18. The molecule has 0 spiro atoms. The number of nitrogens with zero attached hydrogens (tertiary/aromatic N) is 4. The lowest BCUT2D eigenvalue weighted by Crippen LogP contribution is -2.51. The molecule has 5 rings (SSSR count). The molecule has 3 amide bonds. The topological polar surface area (TPSA) is 168 Å². The lowest BCUT2D eigenvalue weighted by atomic mass is 9.90. The third-order valence-corrected chi connectivity index (χ3v) is 9.84. The van der Waals surface area contributed by atoms with E-state index < -0.39 is 35.3 Å². The van der Waals surface area contributed by atoms with Crippen molar-refractivity contribution in [2.24, 2.45) is 10.9 Å². The predicted molar refractivity (Wildman–Crippen MR) is 189 cm³/mol. The molecule has 14 heteroatoms. The molecule has 2 aliphatic heterocycles. The van der Waals surface area contributed by atoms with E-state index in [4.69, 9.17) is 14.0 Å². The summed E-state index contributed by atoms with van der Waals surface area (Å²) in [5.41, 5.74) is 2.87. The summed E-state index contributed by atoms with van der Waals surface area (Å²) in [4.78, 5) is 50.7. The number of β-amino-alcohol motifs (C(OH)–C–C–N with tert-alkyl or cyclic N) is 1. The van der Waals surface area contributed by atoms with Gasteiger partial charge in [0.15, 0.2) is 5.76 Å². The van der Waals surface area contributed by atoms with Crippen molar-refractivity contribution in [1.82, 2.24) is 25.7 Å². The number of aliphatic hydroxyl groups is 1. The van der Waals surface area contributed by atoms with Crippen molar-refractivity contribution >= 4 is 35.1 Å². The fourth-order valence-electron chi connectivity index (χ4n) is 6.25. The number of carbonyl (C=O) groups is 3. The molecule has 270 valence electrons. The molecule has 0 saturated carbocycles. The molecule has 0 aliphatic carbocycles. The number of aliphatic imine (C=N–C) groups is 1. The van der Waals surface area contributed by atoms with E-state index in [1.807, 2.05) is 71.3 Å². The first kappa shape index (κ1) is 37.0. The Morgan fingerprint density at radius 2 is 1.94 bits per heavy atom. The smallest absolute Gasteiger partial charge is 0.407 e. The van der Waals surface area contributed by atoms with Crippen LogP contribution in [0.25, 0.3) is 10.4 Å². The summed E-state index contributed by atoms with van der Waals surface area (Å²) >= 11 is 1.56. The van der Waals surface area contributed by atoms with Crippen molar-refractivity contribution < 1.29 is 33.5 Å². The minimum absolute atomic E-state index is 0.0987. The molecule has 3 N–H and O–H groups in total. The Kier molecular flexibility index (Phi) is 11.3. The third-order valence-electron chi connectivity index (χ3n) is 8.86. The summed E-state index contributed by atoms with van der Waals surface area (Å²) in [6, 6.07) is 8.78. The fourth-order valence-corrected chi connectivity index (χ4v) is 7.06. The van der Waals surface area contributed by atoms with Gasteiger partial charge in [-0.25, -0.2) is 9.78 Å². The zero-order valence-corrected chi connectivity index (χ0v) is 30.6. The van der Waals surface area contributed by atoms with Crippen molar-refractivity contribution in [3.05, 3.63) is 52.9 Å². The van der Waals surface area contributed by atoms with E-state index in [-0.39, 0.29) is 36.6 Å². The highest BCUT2D eigenvalue weighted by Crippen LogP contribution is 2.36. The maximum Gasteiger partial charge on any atom is 0.407 e. The molecular formula is C36H48N6O7S. The van der Waals surface area contributed by atoms with Crippen molar-refractivity contribution in [2.75, 3.05) is 19.7 Å². The number of amides is 3. The summed E-state index contributed by atoms with van der Waals surface area (Å²) in [7, 11) is 0. The van der Waals surface area contributed by atoms with E-state index >= 15 is 0 Å². The number of rotatable bonds is 13. The quantitative estimate of drug-likeness (QED) is 0.198. The van der Waals surface area contributed by atoms with Crippen molar-refractivity contribution in [3.8, 4) is 16.3 Å². The number of unbranched alkanes of at least 4 members (excludes halogenated alkanes) is 2. The summed E-state index contributed by atoms with van der Waals surface area (Å²) in [6.45, 7) is 14.0. The van der Waals surface area contributed by atoms with Gasteiger partial charge in [0.05, 0.1) is 34.8 Å². The predicted octanol–water partition coefficient (Wildman–Crippen LogP) is 5.33. The van der Waals surface area contributed by atoms with E-state index in [2.05, 4.69) is 25.8 Å². The first-order valence-corrected chi connectivity index (χ1v) is 18.0. The van der Waals surface area contributed by atoms with Crippen LogP contribution in [0.1, 0.15) is 90.2 Å². The van der Waals surface area contributed by atoms with Crippen LogP contribution >= 0.6 is 11.3 Å². The second kappa shape index (κ2) is 15.3. The number of aryl methyl sites for hydroxylation is 1. The van der Waals surface area contributed by atoms with Gasteiger partial charge < -0.3 is 34.6 Å². The lowest BCUT2D eigenvalue weighted by Gasteiger charge is -2.31. The monoisotopic (exact) mass is 708 g/mol. The molecule has 4 heterocycles. The Bertz CT molecular complexity index is 1690. The number of ether oxygens (including phenoxy) is 2. The van der Waals surface area contributed by atoms with Gasteiger partial charge in [0.1, 0.15) is 22.9 Å². The van der Waals surface area contributed by atoms with Gasteiger partial charge in [-0.15, -0.1) is 11.3 Å². The maximum absolute atomic E-state index is 14.2. The number of aliphatic hydroxyl groups excluding tert-OH is 1. The van der Waals surface area contributed by atoms with Crippen molar-refractivity contribution in [3.63, 3.8) is 0 Å². The van der Waals surface area contributed by atoms with Crippen LogP contribution in [0.15, 0.2) is 45.4 Å². The number of nitrogens with one attached hydrogen (secondary N) is 2. The molecule has 2 aliphatic rings. The Morgan fingerprint density at radius 1 is 1.20 bits per heavy atom. The standard InChI is InChI=1S/C36H48N6O7S/c1-21(2)29(27-18-28(41-49-27)47-16-10-8-9-15-37-34(46)48-35(4,5)6)32(44)42-19-25(43)17-26(42)31-39-33(45)36(7,40-31)24-13-11-23(12-14-24)30-22(3)38-20-50-30/h11-14,18,20-21,25-26,29,43H,8-10,15-17,19H2,1-7H3,(H,37,46)(H,39,40,45)/t25-,26?,29?,36?/m1/s1. The normalized spacial score (nSPS) is 21.3. The summed E-state index contributed by atoms with van der Waals surface area (Å²) in [6.07, 6.45) is 1.36. The largest absolute Gasteiger partial charge is 0.476 e. The molecule has 2 aromatic heterocycles. The summed E-state index contributed by atoms with van der Waals surface area (Å²) in [5.74, 6) is -0.474. The van der Waals surface area contributed by atoms with Gasteiger partial charge in [-0.2, -0.15) is 4.99 Å². The van der Waals surface area contributed by atoms with Gasteiger partial charge in [-0.05, 0) is 76.1 Å². The number of alkyl carbamates (subject to hydrolysis) is 1. The molecular weight excluding hydrogens is 660 g/mol. The van der Waals surface area contributed by atoms with Crippen LogP contribution in [0.4, 0.5) is 4.79 Å². The van der Waals surface area contributed by atoms with Crippen LogP contribution in [0.2, 0.25) is 0 Å². The van der Waals surface area contributed by atoms with E-state index in [9.17, 15) is 19.5 Å². The van der Waals surface area contributed by atoms with Crippen LogP contribution < -0.4 is 15.4 Å². The maximum atomic E-state index is 14.2. The van der Waals surface area contributed by atoms with Crippen LogP contribution in [0.3, 0.4) is 0 Å². The number of amidine groups is 1. The van der Waals surface area contributed by atoms with Gasteiger partial charge in [-0.3, -0.25) is 9.59 Å². The van der Waals surface area contributed by atoms with Crippen molar-refractivity contribution in [1.29, 1.82) is 0 Å². The highest BCUT2D eigenvalue weighted by atomic mass is 32.1. The number of hydrogen-bond acceptors (Lipinski definition) is 11. The van der Waals surface area contributed by atoms with Gasteiger partial charge in [0, 0.05) is 25.6 Å². The molecule has 4 atom stereocenters. The van der Waals surface area contributed by atoms with E-state index in [0.717, 1.165) is 41.0 Å². The van der Waals surface area contributed by atoms with Crippen molar-refractivity contribution in [2.45, 2.75) is 103 Å². The van der Waals surface area contributed by atoms with Gasteiger partial charge in [0.2, 0.25) is 5.91 Å². The first-order chi connectivity index (χ1) is 23.7. The minimum Gasteiger partial charge on any atom is -0.476 e. The minimum atomic E-state index is -1.12. The number of hydrogen-bond donors (Lipinski definition) is 3. The second-order valence-electron chi connectivity index (χ2n) is 14.4. The van der Waals surface area contributed by atoms with E-state index in [1.165, 1.54) is 0 Å².